The summed E-state index contributed by atoms with van der Waals surface area (Å²) in [6, 6.07) is 10.6. The smallest absolute Gasteiger partial charge is 0.264 e. The van der Waals surface area contributed by atoms with Gasteiger partial charge in [-0.05, 0) is 37.7 Å². The van der Waals surface area contributed by atoms with E-state index in [1.54, 1.807) is 13.0 Å². The average molecular weight is 429 g/mol. The summed E-state index contributed by atoms with van der Waals surface area (Å²) >= 11 is 6.43. The Morgan fingerprint density at radius 2 is 1.97 bits per heavy atom. The summed E-state index contributed by atoms with van der Waals surface area (Å²) in [6.07, 6.45) is 1.50. The first kappa shape index (κ1) is 21.7. The highest BCUT2D eigenvalue weighted by Crippen LogP contribution is 2.27. The molecule has 158 valence electrons. The van der Waals surface area contributed by atoms with Crippen molar-refractivity contribution < 1.29 is 4.79 Å². The van der Waals surface area contributed by atoms with E-state index < -0.39 is 0 Å². The summed E-state index contributed by atoms with van der Waals surface area (Å²) in [7, 11) is 0. The molecule has 1 amide bonds. The molecule has 0 radical (unpaired) electrons. The quantitative estimate of drug-likeness (QED) is 0.575. The van der Waals surface area contributed by atoms with Gasteiger partial charge in [0.25, 0.3) is 11.5 Å². The number of carbonyl (C=O) groups excluding carboxylic acids is 1. The van der Waals surface area contributed by atoms with Crippen molar-refractivity contribution >= 4 is 17.5 Å². The summed E-state index contributed by atoms with van der Waals surface area (Å²) in [5, 5.41) is 14.3. The Morgan fingerprint density at radius 3 is 2.60 bits per heavy atom. The fourth-order valence-electron chi connectivity index (χ4n) is 3.45. The van der Waals surface area contributed by atoms with Gasteiger partial charge in [-0.2, -0.15) is 10.2 Å². The van der Waals surface area contributed by atoms with Crippen molar-refractivity contribution in [2.24, 2.45) is 0 Å². The van der Waals surface area contributed by atoms with Crippen LogP contribution >= 0.6 is 11.6 Å². The number of nitrogens with zero attached hydrogens (tertiary/aromatic N) is 4. The summed E-state index contributed by atoms with van der Waals surface area (Å²) < 4.78 is 1.51. The van der Waals surface area contributed by atoms with Gasteiger partial charge in [0, 0.05) is 17.6 Å². The number of nitrogens with one attached hydrogen (secondary N) is 2. The molecule has 8 nitrogen and oxygen atoms in total. The zero-order valence-corrected chi connectivity index (χ0v) is 18.0. The third-order valence-corrected chi connectivity index (χ3v) is 5.45. The predicted molar refractivity (Wildman–Crippen MR) is 116 cm³/mol. The largest absolute Gasteiger partial charge is 0.350 e. The van der Waals surface area contributed by atoms with Gasteiger partial charge < -0.3 is 5.32 Å². The first-order valence-corrected chi connectivity index (χ1v) is 10.2. The van der Waals surface area contributed by atoms with Gasteiger partial charge in [-0.25, -0.2) is 9.78 Å². The molecule has 30 heavy (non-hydrogen) atoms. The molecule has 9 heteroatoms. The number of aromatic amines is 1. The summed E-state index contributed by atoms with van der Waals surface area (Å²) in [5.41, 5.74) is 1.75. The molecule has 3 aromatic rings. The lowest BCUT2D eigenvalue weighted by Crippen LogP contribution is -2.38. The Hall–Kier alpha value is -2.97. The van der Waals surface area contributed by atoms with Crippen molar-refractivity contribution in [1.29, 1.82) is 0 Å². The number of likely N-dealkylation sites (N-methyl/N-ethyl adjacent to an activating group) is 1. The Bertz CT molecular complexity index is 1050. The van der Waals surface area contributed by atoms with E-state index >= 15 is 0 Å². The number of carbonyl (C=O) groups is 1. The molecule has 2 aromatic heterocycles. The molecule has 0 aliphatic heterocycles. The Labute approximate surface area is 179 Å². The maximum atomic E-state index is 12.9. The van der Waals surface area contributed by atoms with Crippen LogP contribution in [0.1, 0.15) is 41.5 Å². The molecule has 1 aromatic carbocycles. The second kappa shape index (κ2) is 9.69. The van der Waals surface area contributed by atoms with E-state index in [4.69, 9.17) is 11.6 Å². The van der Waals surface area contributed by atoms with E-state index in [1.165, 1.54) is 16.9 Å². The van der Waals surface area contributed by atoms with Gasteiger partial charge in [-0.15, -0.1) is 0 Å². The molecule has 0 aliphatic rings. The van der Waals surface area contributed by atoms with Gasteiger partial charge in [-0.3, -0.25) is 14.5 Å². The SMILES string of the molecule is CCN(CC)[C@H](CNC(=O)c1cnn(-c2ccc(=O)[nH]n2)c1C)c1ccccc1Cl. The number of H-pyrrole nitrogens is 1. The number of benzene rings is 1. The number of aromatic nitrogens is 4. The molecule has 0 spiro atoms. The van der Waals surface area contributed by atoms with Gasteiger partial charge in [0.2, 0.25) is 0 Å². The number of amides is 1. The van der Waals surface area contributed by atoms with Crippen LogP contribution in [-0.4, -0.2) is 50.4 Å². The minimum Gasteiger partial charge on any atom is -0.350 e. The third-order valence-electron chi connectivity index (χ3n) is 5.11. The zero-order chi connectivity index (χ0) is 21.7. The van der Waals surface area contributed by atoms with E-state index in [9.17, 15) is 9.59 Å². The molecule has 0 unspecified atom stereocenters. The molecule has 1 atom stereocenters. The van der Waals surface area contributed by atoms with Crippen LogP contribution in [0.5, 0.6) is 0 Å². The normalized spacial score (nSPS) is 12.2. The lowest BCUT2D eigenvalue weighted by Gasteiger charge is -2.30. The predicted octanol–water partition coefficient (Wildman–Crippen LogP) is 2.73. The molecule has 0 aliphatic carbocycles. The van der Waals surface area contributed by atoms with Crippen LogP contribution in [0, 0.1) is 6.92 Å². The summed E-state index contributed by atoms with van der Waals surface area (Å²) in [6.45, 7) is 8.02. The maximum Gasteiger partial charge on any atom is 0.264 e. The standard InChI is InChI=1S/C21H25ClN6O2/c1-4-27(5-2)18(15-8-6-7-9-17(15)22)13-23-21(30)16-12-24-28(14(16)3)19-10-11-20(29)26-25-19/h6-12,18H,4-5,13H2,1-3H3,(H,23,30)(H,26,29)/t18-/m1/s1. The molecule has 0 fully saturated rings. The molecule has 2 heterocycles. The minimum atomic E-state index is -0.302. The fourth-order valence-corrected chi connectivity index (χ4v) is 3.71. The first-order chi connectivity index (χ1) is 14.5. The van der Waals surface area contributed by atoms with Crippen molar-refractivity contribution in [2.45, 2.75) is 26.8 Å². The van der Waals surface area contributed by atoms with Crippen molar-refractivity contribution in [3.63, 3.8) is 0 Å². The van der Waals surface area contributed by atoms with Gasteiger partial charge in [-0.1, -0.05) is 43.6 Å². The molecular weight excluding hydrogens is 404 g/mol. The molecule has 2 N–H and O–H groups in total. The third kappa shape index (κ3) is 4.60. The lowest BCUT2D eigenvalue weighted by molar-refractivity contribution is 0.0934. The Morgan fingerprint density at radius 1 is 1.23 bits per heavy atom. The Kier molecular flexibility index (Phi) is 7.02. The van der Waals surface area contributed by atoms with Gasteiger partial charge in [0.1, 0.15) is 0 Å². The average Bonchev–Trinajstić information content (AvgIpc) is 3.13. The number of hydrogen-bond donors (Lipinski definition) is 2. The molecule has 3 rings (SSSR count). The zero-order valence-electron chi connectivity index (χ0n) is 17.2. The van der Waals surface area contributed by atoms with E-state index in [-0.39, 0.29) is 17.5 Å². The number of hydrogen-bond acceptors (Lipinski definition) is 5. The van der Waals surface area contributed by atoms with Crippen LogP contribution in [0.4, 0.5) is 0 Å². The highest BCUT2D eigenvalue weighted by atomic mass is 35.5. The molecular formula is C21H25ClN6O2. The monoisotopic (exact) mass is 428 g/mol. The molecule has 0 saturated carbocycles. The summed E-state index contributed by atoms with van der Waals surface area (Å²) in [4.78, 5) is 26.4. The van der Waals surface area contributed by atoms with E-state index in [0.717, 1.165) is 18.7 Å². The van der Waals surface area contributed by atoms with Gasteiger partial charge >= 0.3 is 0 Å². The lowest BCUT2D eigenvalue weighted by atomic mass is 10.0. The van der Waals surface area contributed by atoms with Crippen molar-refractivity contribution in [1.82, 2.24) is 30.2 Å². The second-order valence-electron chi connectivity index (χ2n) is 6.80. The van der Waals surface area contributed by atoms with Crippen LogP contribution in [0.25, 0.3) is 5.82 Å². The van der Waals surface area contributed by atoms with Crippen LogP contribution in [0.15, 0.2) is 47.4 Å². The van der Waals surface area contributed by atoms with Crippen LogP contribution in [0.3, 0.4) is 0 Å². The van der Waals surface area contributed by atoms with Crippen molar-refractivity contribution in [3.05, 3.63) is 74.8 Å². The first-order valence-electron chi connectivity index (χ1n) is 9.83. The van der Waals surface area contributed by atoms with Crippen molar-refractivity contribution in [2.75, 3.05) is 19.6 Å². The number of halogens is 1. The number of rotatable bonds is 8. The van der Waals surface area contributed by atoms with E-state index in [1.807, 2.05) is 24.3 Å². The molecule has 0 bridgehead atoms. The second-order valence-corrected chi connectivity index (χ2v) is 7.21. The van der Waals surface area contributed by atoms with E-state index in [0.29, 0.717) is 28.6 Å². The van der Waals surface area contributed by atoms with Crippen molar-refractivity contribution in [3.8, 4) is 5.82 Å². The van der Waals surface area contributed by atoms with Crippen LogP contribution < -0.4 is 10.9 Å². The Balaban J connectivity index is 1.80. The summed E-state index contributed by atoms with van der Waals surface area (Å²) in [5.74, 6) is 0.204. The topological polar surface area (TPSA) is 95.9 Å². The van der Waals surface area contributed by atoms with E-state index in [2.05, 4.69) is 39.4 Å². The molecule has 0 saturated heterocycles. The van der Waals surface area contributed by atoms with Gasteiger partial charge in [0.05, 0.1) is 23.5 Å². The minimum absolute atomic E-state index is 0.0473. The maximum absolute atomic E-state index is 12.9. The van der Waals surface area contributed by atoms with Gasteiger partial charge in [0.15, 0.2) is 5.82 Å². The highest BCUT2D eigenvalue weighted by Gasteiger charge is 2.22. The van der Waals surface area contributed by atoms with Crippen LogP contribution in [-0.2, 0) is 0 Å². The fraction of sp³-hybridized carbons (Fsp3) is 0.333. The highest BCUT2D eigenvalue weighted by molar-refractivity contribution is 6.31. The van der Waals surface area contributed by atoms with Crippen LogP contribution in [0.2, 0.25) is 5.02 Å².